The molecule has 0 bridgehead atoms. The molecule has 0 unspecified atom stereocenters. The van der Waals surface area contributed by atoms with Gasteiger partial charge in [-0.15, -0.1) is 6.42 Å². The molecule has 0 aromatic carbocycles. The number of nitrogens with one attached hydrogen (secondary N) is 1. The number of thioether (sulfide) groups is 1. The van der Waals surface area contributed by atoms with Crippen molar-refractivity contribution in [3.05, 3.63) is 11.8 Å². The number of hydrogen-bond donors (Lipinski definition) is 1. The third-order valence-electron chi connectivity index (χ3n) is 1.70. The van der Waals surface area contributed by atoms with Crippen LogP contribution in [0.5, 0.6) is 0 Å². The standard InChI is InChI=1S/C10H13N3OS/c1-4-5-11-9(14)7-15-10-6-8(2)12-13(10)3/h1,6H,5,7H2,2-3H3,(H,11,14). The van der Waals surface area contributed by atoms with E-state index in [4.69, 9.17) is 6.42 Å². The van der Waals surface area contributed by atoms with Gasteiger partial charge in [0.2, 0.25) is 5.91 Å². The molecular weight excluding hydrogens is 210 g/mol. The van der Waals surface area contributed by atoms with Gasteiger partial charge >= 0.3 is 0 Å². The number of aromatic nitrogens is 2. The molecule has 0 radical (unpaired) electrons. The van der Waals surface area contributed by atoms with E-state index in [1.165, 1.54) is 11.8 Å². The van der Waals surface area contributed by atoms with Gasteiger partial charge in [-0.05, 0) is 13.0 Å². The molecule has 1 N–H and O–H groups in total. The molecule has 1 heterocycles. The molecule has 1 aromatic rings. The predicted octanol–water partition coefficient (Wildman–Crippen LogP) is 0.570. The van der Waals surface area contributed by atoms with Crippen molar-refractivity contribution in [1.82, 2.24) is 15.1 Å². The summed E-state index contributed by atoms with van der Waals surface area (Å²) >= 11 is 1.45. The minimum Gasteiger partial charge on any atom is -0.344 e. The number of terminal acetylenes is 1. The van der Waals surface area contributed by atoms with Gasteiger partial charge in [0.1, 0.15) is 0 Å². The van der Waals surface area contributed by atoms with Crippen LogP contribution < -0.4 is 5.32 Å². The second kappa shape index (κ2) is 5.47. The molecule has 0 saturated heterocycles. The Morgan fingerprint density at radius 2 is 2.53 bits per heavy atom. The van der Waals surface area contributed by atoms with Crippen LogP contribution in [0.25, 0.3) is 0 Å². The summed E-state index contributed by atoms with van der Waals surface area (Å²) in [4.78, 5) is 11.2. The first-order valence-corrected chi connectivity index (χ1v) is 5.45. The Kier molecular flexibility index (Phi) is 4.25. The third kappa shape index (κ3) is 3.68. The summed E-state index contributed by atoms with van der Waals surface area (Å²) < 4.78 is 1.76. The summed E-state index contributed by atoms with van der Waals surface area (Å²) in [6.07, 6.45) is 5.03. The lowest BCUT2D eigenvalue weighted by Crippen LogP contribution is -2.25. The first-order valence-electron chi connectivity index (χ1n) is 4.47. The number of carbonyl (C=O) groups excluding carboxylic acids is 1. The van der Waals surface area contributed by atoms with Crippen molar-refractivity contribution >= 4 is 17.7 Å². The van der Waals surface area contributed by atoms with Crippen LogP contribution in [0.4, 0.5) is 0 Å². The second-order valence-corrected chi connectivity index (χ2v) is 4.01. The van der Waals surface area contributed by atoms with E-state index in [-0.39, 0.29) is 12.5 Å². The van der Waals surface area contributed by atoms with E-state index in [9.17, 15) is 4.79 Å². The number of rotatable bonds is 4. The van der Waals surface area contributed by atoms with E-state index >= 15 is 0 Å². The minimum atomic E-state index is -0.0585. The highest BCUT2D eigenvalue weighted by Crippen LogP contribution is 2.17. The Labute approximate surface area is 93.4 Å². The van der Waals surface area contributed by atoms with E-state index in [0.29, 0.717) is 5.75 Å². The summed E-state index contributed by atoms with van der Waals surface area (Å²) in [6, 6.07) is 1.94. The Hall–Kier alpha value is -1.41. The monoisotopic (exact) mass is 223 g/mol. The van der Waals surface area contributed by atoms with Crippen LogP contribution in [-0.2, 0) is 11.8 Å². The number of nitrogens with zero attached hydrogens (tertiary/aromatic N) is 2. The smallest absolute Gasteiger partial charge is 0.231 e. The van der Waals surface area contributed by atoms with Crippen molar-refractivity contribution in [2.45, 2.75) is 11.9 Å². The summed E-state index contributed by atoms with van der Waals surface area (Å²) in [5, 5.41) is 7.76. The van der Waals surface area contributed by atoms with E-state index < -0.39 is 0 Å². The van der Waals surface area contributed by atoms with Crippen LogP contribution in [-0.4, -0.2) is 28.0 Å². The zero-order chi connectivity index (χ0) is 11.3. The van der Waals surface area contributed by atoms with E-state index in [1.54, 1.807) is 4.68 Å². The van der Waals surface area contributed by atoms with Gasteiger partial charge in [0.25, 0.3) is 0 Å². The molecule has 15 heavy (non-hydrogen) atoms. The van der Waals surface area contributed by atoms with Crippen LogP contribution in [0, 0.1) is 19.3 Å². The lowest BCUT2D eigenvalue weighted by molar-refractivity contribution is -0.118. The molecule has 80 valence electrons. The number of amides is 1. The van der Waals surface area contributed by atoms with E-state index in [2.05, 4.69) is 16.3 Å². The van der Waals surface area contributed by atoms with Crippen molar-refractivity contribution in [2.24, 2.45) is 7.05 Å². The molecule has 0 aliphatic carbocycles. The van der Waals surface area contributed by atoms with Gasteiger partial charge in [-0.3, -0.25) is 9.48 Å². The van der Waals surface area contributed by atoms with Crippen LogP contribution in [0.1, 0.15) is 5.69 Å². The maximum atomic E-state index is 11.2. The first kappa shape index (κ1) is 11.7. The highest BCUT2D eigenvalue weighted by atomic mass is 32.2. The van der Waals surface area contributed by atoms with Crippen LogP contribution in [0.3, 0.4) is 0 Å². The summed E-state index contributed by atoms with van der Waals surface area (Å²) in [5.41, 5.74) is 0.948. The van der Waals surface area contributed by atoms with Gasteiger partial charge in [0.05, 0.1) is 23.0 Å². The average Bonchev–Trinajstić information content (AvgIpc) is 2.51. The van der Waals surface area contributed by atoms with Crippen molar-refractivity contribution in [1.29, 1.82) is 0 Å². The van der Waals surface area contributed by atoms with Crippen molar-refractivity contribution in [3.63, 3.8) is 0 Å². The molecule has 1 amide bonds. The quantitative estimate of drug-likeness (QED) is 0.599. The molecule has 0 saturated carbocycles. The fraction of sp³-hybridized carbons (Fsp3) is 0.400. The lowest BCUT2D eigenvalue weighted by atomic mass is 10.5. The maximum absolute atomic E-state index is 11.2. The molecule has 0 aliphatic heterocycles. The van der Waals surface area contributed by atoms with Crippen molar-refractivity contribution in [2.75, 3.05) is 12.3 Å². The first-order chi connectivity index (χ1) is 7.13. The van der Waals surface area contributed by atoms with Gasteiger partial charge < -0.3 is 5.32 Å². The van der Waals surface area contributed by atoms with E-state index in [1.807, 2.05) is 20.0 Å². The molecule has 0 spiro atoms. The SMILES string of the molecule is C#CCNC(=O)CSc1cc(C)nn1C. The van der Waals surface area contributed by atoms with Gasteiger partial charge in [-0.2, -0.15) is 5.10 Å². The fourth-order valence-corrected chi connectivity index (χ4v) is 1.92. The molecular formula is C10H13N3OS. The van der Waals surface area contributed by atoms with Crippen molar-refractivity contribution < 1.29 is 4.79 Å². The van der Waals surface area contributed by atoms with Gasteiger partial charge in [-0.25, -0.2) is 0 Å². The Morgan fingerprint density at radius 1 is 1.80 bits per heavy atom. The topological polar surface area (TPSA) is 46.9 Å². The Bertz CT molecular complexity index is 392. The molecule has 5 heteroatoms. The average molecular weight is 223 g/mol. The third-order valence-corrected chi connectivity index (χ3v) is 2.78. The Morgan fingerprint density at radius 3 is 3.07 bits per heavy atom. The molecule has 0 fully saturated rings. The minimum absolute atomic E-state index is 0.0585. The zero-order valence-corrected chi connectivity index (χ0v) is 9.60. The van der Waals surface area contributed by atoms with Gasteiger partial charge in [-0.1, -0.05) is 17.7 Å². The molecule has 4 nitrogen and oxygen atoms in total. The van der Waals surface area contributed by atoms with Crippen LogP contribution >= 0.6 is 11.8 Å². The van der Waals surface area contributed by atoms with Crippen LogP contribution in [0.2, 0.25) is 0 Å². The molecule has 1 aromatic heterocycles. The number of hydrogen-bond acceptors (Lipinski definition) is 3. The maximum Gasteiger partial charge on any atom is 0.231 e. The number of aryl methyl sites for hydroxylation is 2. The van der Waals surface area contributed by atoms with Gasteiger partial charge in [0.15, 0.2) is 0 Å². The van der Waals surface area contributed by atoms with Gasteiger partial charge in [0, 0.05) is 7.05 Å². The zero-order valence-electron chi connectivity index (χ0n) is 8.78. The summed E-state index contributed by atoms with van der Waals surface area (Å²) in [6.45, 7) is 2.20. The second-order valence-electron chi connectivity index (χ2n) is 3.02. The highest BCUT2D eigenvalue weighted by Gasteiger charge is 2.05. The molecule has 0 atom stereocenters. The lowest BCUT2D eigenvalue weighted by Gasteiger charge is -2.01. The fourth-order valence-electron chi connectivity index (χ4n) is 1.06. The molecule has 1 rings (SSSR count). The summed E-state index contributed by atoms with van der Waals surface area (Å²) in [5.74, 6) is 2.66. The normalized spacial score (nSPS) is 9.67. The van der Waals surface area contributed by atoms with E-state index in [0.717, 1.165) is 10.7 Å². The predicted molar refractivity (Wildman–Crippen MR) is 60.5 cm³/mol. The molecule has 0 aliphatic rings. The highest BCUT2D eigenvalue weighted by molar-refractivity contribution is 7.99. The number of carbonyl (C=O) groups is 1. The summed E-state index contributed by atoms with van der Waals surface area (Å²) in [7, 11) is 1.86. The van der Waals surface area contributed by atoms with Crippen LogP contribution in [0.15, 0.2) is 11.1 Å². The largest absolute Gasteiger partial charge is 0.344 e. The Balaban J connectivity index is 2.40. The van der Waals surface area contributed by atoms with Crippen molar-refractivity contribution in [3.8, 4) is 12.3 Å².